The summed E-state index contributed by atoms with van der Waals surface area (Å²) in [6, 6.07) is 5.71. The monoisotopic (exact) mass is 309 g/mol. The highest BCUT2D eigenvalue weighted by Gasteiger charge is 2.15. The zero-order chi connectivity index (χ0) is 15.3. The molecule has 1 aromatic rings. The van der Waals surface area contributed by atoms with Crippen LogP contribution in [-0.4, -0.2) is 20.5 Å². The molecule has 6 heteroatoms. The Labute approximate surface area is 126 Å². The molecule has 0 amide bonds. The van der Waals surface area contributed by atoms with Crippen LogP contribution in [0.3, 0.4) is 0 Å². The van der Waals surface area contributed by atoms with E-state index < -0.39 is 16.0 Å². The maximum atomic E-state index is 12.1. The lowest BCUT2D eigenvalue weighted by Crippen LogP contribution is -2.40. The van der Waals surface area contributed by atoms with E-state index in [4.69, 9.17) is 0 Å². The Hall–Kier alpha value is -1.56. The van der Waals surface area contributed by atoms with Crippen molar-refractivity contribution in [1.29, 1.82) is 0 Å². The van der Waals surface area contributed by atoms with E-state index in [1.54, 1.807) is 12.1 Å². The first-order chi connectivity index (χ1) is 10.0. The highest BCUT2D eigenvalue weighted by Crippen LogP contribution is 2.20. The summed E-state index contributed by atoms with van der Waals surface area (Å²) in [5.41, 5.74) is 1.05. The maximum Gasteiger partial charge on any atom is 0.262 e. The van der Waals surface area contributed by atoms with Crippen LogP contribution in [0.1, 0.15) is 44.6 Å². The molecule has 0 spiro atoms. The fourth-order valence-electron chi connectivity index (χ4n) is 2.48. The molecule has 1 fully saturated rings. The third-order valence-electron chi connectivity index (χ3n) is 3.74. The van der Waals surface area contributed by atoms with E-state index >= 15 is 0 Å². The molecule has 0 aliphatic heterocycles. The molecule has 0 aromatic heterocycles. The van der Waals surface area contributed by atoms with Gasteiger partial charge in [0.1, 0.15) is 0 Å². The summed E-state index contributed by atoms with van der Waals surface area (Å²) in [4.78, 5) is 4.04. The number of rotatable bonds is 4. The quantitative estimate of drug-likeness (QED) is 0.677. The molecule has 1 N–H and O–H groups in total. The van der Waals surface area contributed by atoms with Crippen LogP contribution in [0, 0.1) is 0 Å². The van der Waals surface area contributed by atoms with Gasteiger partial charge in [0.15, 0.2) is 0 Å². The number of nitrogens with zero attached hydrogens (tertiary/aromatic N) is 1. The predicted molar refractivity (Wildman–Crippen MR) is 80.4 cm³/mol. The maximum absolute atomic E-state index is 12.1. The molecule has 2 rings (SSSR count). The average molecular weight is 309 g/mol. The van der Waals surface area contributed by atoms with E-state index in [0.717, 1.165) is 44.1 Å². The van der Waals surface area contributed by atoms with Crippen molar-refractivity contribution in [2.24, 2.45) is 4.99 Å². The van der Waals surface area contributed by atoms with Gasteiger partial charge in [-0.15, -0.1) is 0 Å². The van der Waals surface area contributed by atoms with Crippen molar-refractivity contribution in [2.45, 2.75) is 56.4 Å². The lowest BCUT2D eigenvalue weighted by atomic mass is 9.96. The van der Waals surface area contributed by atoms with Crippen LogP contribution in [0.2, 0.25) is 0 Å². The topological polar surface area (TPSA) is 81.6 Å². The van der Waals surface area contributed by atoms with Crippen molar-refractivity contribution >= 4 is 16.0 Å². The summed E-state index contributed by atoms with van der Waals surface area (Å²) in [7, 11) is -3.83. The third-order valence-corrected chi connectivity index (χ3v) is 5.07. The van der Waals surface area contributed by atoms with Gasteiger partial charge in [-0.1, -0.05) is 38.3 Å². The zero-order valence-electron chi connectivity index (χ0n) is 12.2. The predicted octanol–water partition coefficient (Wildman–Crippen LogP) is 1.58. The summed E-state index contributed by atoms with van der Waals surface area (Å²) >= 11 is 0. The van der Waals surface area contributed by atoms with Crippen LogP contribution in [-0.2, 0) is 16.4 Å². The van der Waals surface area contributed by atoms with Crippen LogP contribution in [0.5, 0.6) is 0 Å². The second kappa shape index (κ2) is 6.93. The van der Waals surface area contributed by atoms with Gasteiger partial charge in [-0.05, 0) is 37.0 Å². The Morgan fingerprint density at radius 1 is 1.24 bits per heavy atom. The van der Waals surface area contributed by atoms with E-state index in [1.807, 2.05) is 11.6 Å². The summed E-state index contributed by atoms with van der Waals surface area (Å²) < 4.78 is 26.2. The Morgan fingerprint density at radius 2 is 1.86 bits per heavy atom. The molecule has 1 saturated carbocycles. The van der Waals surface area contributed by atoms with Gasteiger partial charge in [-0.3, -0.25) is 9.71 Å². The first-order valence-electron chi connectivity index (χ1n) is 7.38. The molecule has 116 valence electrons. The van der Waals surface area contributed by atoms with Crippen LogP contribution in [0.15, 0.2) is 34.2 Å². The van der Waals surface area contributed by atoms with Gasteiger partial charge in [0.05, 0.1) is 17.0 Å². The molecule has 0 saturated heterocycles. The molecular weight excluding hydrogens is 288 g/mol. The Balaban J connectivity index is 2.06. The number of aryl methyl sites for hydroxylation is 1. The summed E-state index contributed by atoms with van der Waals surface area (Å²) in [5, 5.41) is 11.8. The minimum Gasteiger partial charge on any atom is -0.846 e. The van der Waals surface area contributed by atoms with Crippen LogP contribution in [0.25, 0.3) is 0 Å². The SMILES string of the molecule is CCc1ccc(S(=O)(=O)NC([O-])=NC2CCCCC2)cc1. The fourth-order valence-corrected chi connectivity index (χ4v) is 3.38. The summed E-state index contributed by atoms with van der Waals surface area (Å²) in [5.74, 6) is 0. The summed E-state index contributed by atoms with van der Waals surface area (Å²) in [6.45, 7) is 1.99. The lowest BCUT2D eigenvalue weighted by molar-refractivity contribution is -0.220. The normalized spacial score (nSPS) is 17.7. The van der Waals surface area contributed by atoms with Crippen LogP contribution in [0.4, 0.5) is 0 Å². The van der Waals surface area contributed by atoms with Crippen molar-refractivity contribution in [3.05, 3.63) is 29.8 Å². The number of nitrogens with one attached hydrogen (secondary N) is 1. The van der Waals surface area contributed by atoms with Gasteiger partial charge in [0.2, 0.25) is 0 Å². The second-order valence-corrected chi connectivity index (χ2v) is 7.01. The number of hydrogen-bond acceptors (Lipinski definition) is 4. The highest BCUT2D eigenvalue weighted by molar-refractivity contribution is 7.90. The molecule has 1 aromatic carbocycles. The van der Waals surface area contributed by atoms with Crippen molar-refractivity contribution in [3.8, 4) is 0 Å². The lowest BCUT2D eigenvalue weighted by Gasteiger charge is -2.21. The molecule has 5 nitrogen and oxygen atoms in total. The van der Waals surface area contributed by atoms with Gasteiger partial charge in [-0.2, -0.15) is 0 Å². The van der Waals surface area contributed by atoms with Gasteiger partial charge in [0, 0.05) is 0 Å². The number of sulfonamides is 1. The molecule has 1 aliphatic carbocycles. The first-order valence-corrected chi connectivity index (χ1v) is 8.86. The van der Waals surface area contributed by atoms with Crippen LogP contribution >= 0.6 is 0 Å². The van der Waals surface area contributed by atoms with Gasteiger partial charge < -0.3 is 5.11 Å². The van der Waals surface area contributed by atoms with E-state index in [2.05, 4.69) is 4.99 Å². The molecule has 0 atom stereocenters. The first kappa shape index (κ1) is 15.8. The van der Waals surface area contributed by atoms with Crippen molar-refractivity contribution in [3.63, 3.8) is 0 Å². The van der Waals surface area contributed by atoms with Crippen LogP contribution < -0.4 is 9.83 Å². The van der Waals surface area contributed by atoms with Crippen molar-refractivity contribution < 1.29 is 13.5 Å². The molecule has 0 bridgehead atoms. The Bertz CT molecular complexity index is 588. The largest absolute Gasteiger partial charge is 0.846 e. The second-order valence-electron chi connectivity index (χ2n) is 5.33. The van der Waals surface area contributed by atoms with Gasteiger partial charge in [0.25, 0.3) is 10.0 Å². The van der Waals surface area contributed by atoms with Gasteiger partial charge in [-0.25, -0.2) is 8.42 Å². The van der Waals surface area contributed by atoms with Crippen molar-refractivity contribution in [1.82, 2.24) is 4.72 Å². The minimum absolute atomic E-state index is 0.0450. The molecule has 1 aliphatic rings. The van der Waals surface area contributed by atoms with E-state index in [1.165, 1.54) is 12.1 Å². The highest BCUT2D eigenvalue weighted by atomic mass is 32.2. The van der Waals surface area contributed by atoms with E-state index in [9.17, 15) is 13.5 Å². The van der Waals surface area contributed by atoms with E-state index in [0.29, 0.717) is 0 Å². The molecule has 0 heterocycles. The molecule has 0 unspecified atom stereocenters. The molecule has 21 heavy (non-hydrogen) atoms. The average Bonchev–Trinajstić information content (AvgIpc) is 2.47. The standard InChI is InChI=1S/C15H22N2O3S/c1-2-12-8-10-14(11-9-12)21(19,20)17-15(18)16-13-6-4-3-5-7-13/h8-11,13H,2-7H2,1H3,(H2,16,17,18)/p-1. The number of hydrogen-bond donors (Lipinski definition) is 1. The smallest absolute Gasteiger partial charge is 0.262 e. The minimum atomic E-state index is -3.83. The number of benzene rings is 1. The number of amidine groups is 1. The summed E-state index contributed by atoms with van der Waals surface area (Å²) in [6.07, 6.45) is 5.82. The number of aliphatic imine (C=N–C) groups is 1. The zero-order valence-corrected chi connectivity index (χ0v) is 13.0. The molecular formula is C15H21N2O3S-. The Morgan fingerprint density at radius 3 is 2.43 bits per heavy atom. The third kappa shape index (κ3) is 4.46. The molecule has 0 radical (unpaired) electrons. The van der Waals surface area contributed by atoms with Gasteiger partial charge >= 0.3 is 0 Å². The van der Waals surface area contributed by atoms with Crippen molar-refractivity contribution in [2.75, 3.05) is 0 Å². The fraction of sp³-hybridized carbons (Fsp3) is 0.533. The van der Waals surface area contributed by atoms with E-state index in [-0.39, 0.29) is 10.9 Å². The Kier molecular flexibility index (Phi) is 5.22.